The first-order chi connectivity index (χ1) is 16.5. The lowest BCUT2D eigenvalue weighted by Crippen LogP contribution is -2.20. The summed E-state index contributed by atoms with van der Waals surface area (Å²) in [7, 11) is 0. The normalized spacial score (nSPS) is 15.4. The predicted molar refractivity (Wildman–Crippen MR) is 137 cm³/mol. The van der Waals surface area contributed by atoms with E-state index in [1.807, 2.05) is 24.3 Å². The number of thioether (sulfide) groups is 1. The fraction of sp³-hybridized carbons (Fsp3) is 0.423. The van der Waals surface area contributed by atoms with Gasteiger partial charge >= 0.3 is 0 Å². The highest BCUT2D eigenvalue weighted by Gasteiger charge is 2.21. The van der Waals surface area contributed by atoms with Crippen molar-refractivity contribution in [1.29, 1.82) is 0 Å². The van der Waals surface area contributed by atoms with Crippen LogP contribution in [0.3, 0.4) is 0 Å². The van der Waals surface area contributed by atoms with E-state index in [-0.39, 0.29) is 17.8 Å². The SMILES string of the molecule is CCc1ccc(NC(=O)CSc2nnc(CNc3ccc(C)cc3C)n2CC2CCCO2)cc1. The molecule has 8 heteroatoms. The van der Waals surface area contributed by atoms with E-state index in [0.29, 0.717) is 13.1 Å². The average Bonchev–Trinajstić information content (AvgIpc) is 3.48. The molecule has 0 saturated carbocycles. The number of hydrogen-bond donors (Lipinski definition) is 2. The first kappa shape index (κ1) is 24.3. The van der Waals surface area contributed by atoms with Gasteiger partial charge in [0.25, 0.3) is 0 Å². The second-order valence-electron chi connectivity index (χ2n) is 8.70. The van der Waals surface area contributed by atoms with Gasteiger partial charge in [-0.1, -0.05) is 48.5 Å². The number of aromatic nitrogens is 3. The highest BCUT2D eigenvalue weighted by atomic mass is 32.2. The molecule has 34 heavy (non-hydrogen) atoms. The van der Waals surface area contributed by atoms with Gasteiger partial charge in [-0.2, -0.15) is 0 Å². The number of aryl methyl sites for hydroxylation is 3. The Kier molecular flexibility index (Phi) is 8.24. The van der Waals surface area contributed by atoms with Gasteiger partial charge in [-0.3, -0.25) is 4.79 Å². The fourth-order valence-electron chi connectivity index (χ4n) is 4.07. The summed E-state index contributed by atoms with van der Waals surface area (Å²) in [5, 5.41) is 16.0. The number of nitrogens with zero attached hydrogens (tertiary/aromatic N) is 3. The molecule has 0 radical (unpaired) electrons. The Labute approximate surface area is 205 Å². The first-order valence-electron chi connectivity index (χ1n) is 11.9. The molecular weight excluding hydrogens is 446 g/mol. The molecular formula is C26H33N5O2S. The Hall–Kier alpha value is -2.84. The van der Waals surface area contributed by atoms with Gasteiger partial charge in [-0.15, -0.1) is 10.2 Å². The zero-order valence-electron chi connectivity index (χ0n) is 20.1. The van der Waals surface area contributed by atoms with E-state index in [9.17, 15) is 4.79 Å². The van der Waals surface area contributed by atoms with Gasteiger partial charge in [0.15, 0.2) is 11.0 Å². The van der Waals surface area contributed by atoms with E-state index >= 15 is 0 Å². The summed E-state index contributed by atoms with van der Waals surface area (Å²) < 4.78 is 7.97. The number of amides is 1. The number of anilines is 2. The molecule has 0 spiro atoms. The molecule has 4 rings (SSSR count). The van der Waals surface area contributed by atoms with E-state index in [4.69, 9.17) is 4.74 Å². The first-order valence-corrected chi connectivity index (χ1v) is 12.9. The minimum Gasteiger partial charge on any atom is -0.378 e. The maximum absolute atomic E-state index is 12.6. The van der Waals surface area contributed by atoms with Crippen LogP contribution in [0.1, 0.15) is 42.3 Å². The monoisotopic (exact) mass is 479 g/mol. The van der Waals surface area contributed by atoms with Crippen molar-refractivity contribution in [1.82, 2.24) is 14.8 Å². The lowest BCUT2D eigenvalue weighted by molar-refractivity contribution is -0.113. The van der Waals surface area contributed by atoms with Crippen LogP contribution in [0.15, 0.2) is 47.6 Å². The molecule has 1 saturated heterocycles. The van der Waals surface area contributed by atoms with Gasteiger partial charge in [0, 0.05) is 18.0 Å². The molecule has 1 aliphatic heterocycles. The van der Waals surface area contributed by atoms with Gasteiger partial charge in [-0.25, -0.2) is 0 Å². The molecule has 1 unspecified atom stereocenters. The summed E-state index contributed by atoms with van der Waals surface area (Å²) >= 11 is 1.41. The molecule has 1 aliphatic rings. The number of carbonyl (C=O) groups excluding carboxylic acids is 1. The molecule has 1 amide bonds. The smallest absolute Gasteiger partial charge is 0.234 e. The van der Waals surface area contributed by atoms with Crippen LogP contribution in [-0.4, -0.2) is 39.1 Å². The third-order valence-electron chi connectivity index (χ3n) is 6.00. The van der Waals surface area contributed by atoms with Crippen LogP contribution in [0.5, 0.6) is 0 Å². The maximum Gasteiger partial charge on any atom is 0.234 e. The van der Waals surface area contributed by atoms with Crippen molar-refractivity contribution in [3.63, 3.8) is 0 Å². The zero-order chi connectivity index (χ0) is 23.9. The van der Waals surface area contributed by atoms with Gasteiger partial charge in [-0.05, 0) is 62.4 Å². The van der Waals surface area contributed by atoms with Gasteiger partial charge in [0.05, 0.1) is 24.9 Å². The van der Waals surface area contributed by atoms with E-state index in [1.165, 1.54) is 28.5 Å². The molecule has 180 valence electrons. The Balaban J connectivity index is 1.41. The second-order valence-corrected chi connectivity index (χ2v) is 9.65. The topological polar surface area (TPSA) is 81.1 Å². The Morgan fingerprint density at radius 3 is 2.71 bits per heavy atom. The molecule has 3 aromatic rings. The van der Waals surface area contributed by atoms with E-state index in [2.05, 4.69) is 64.4 Å². The Morgan fingerprint density at radius 2 is 2.00 bits per heavy atom. The van der Waals surface area contributed by atoms with Crippen molar-refractivity contribution in [2.45, 2.75) is 64.4 Å². The number of carbonyl (C=O) groups is 1. The number of rotatable bonds is 10. The summed E-state index contributed by atoms with van der Waals surface area (Å²) in [6.45, 7) is 8.35. The molecule has 1 atom stereocenters. The quantitative estimate of drug-likeness (QED) is 0.399. The minimum absolute atomic E-state index is 0.0594. The summed E-state index contributed by atoms with van der Waals surface area (Å²) in [5.74, 6) is 1.05. The highest BCUT2D eigenvalue weighted by Crippen LogP contribution is 2.23. The lowest BCUT2D eigenvalue weighted by Gasteiger charge is -2.16. The predicted octanol–water partition coefficient (Wildman–Crippen LogP) is 4.98. The number of benzene rings is 2. The van der Waals surface area contributed by atoms with Crippen molar-refractivity contribution in [3.8, 4) is 0 Å². The third kappa shape index (κ3) is 6.39. The van der Waals surface area contributed by atoms with Crippen molar-refractivity contribution >= 4 is 29.0 Å². The maximum atomic E-state index is 12.6. The lowest BCUT2D eigenvalue weighted by atomic mass is 10.1. The summed E-state index contributed by atoms with van der Waals surface area (Å²) in [4.78, 5) is 12.6. The number of nitrogens with one attached hydrogen (secondary N) is 2. The van der Waals surface area contributed by atoms with Crippen molar-refractivity contribution in [3.05, 3.63) is 65.0 Å². The molecule has 2 heterocycles. The van der Waals surface area contributed by atoms with Crippen molar-refractivity contribution in [2.75, 3.05) is 23.0 Å². The second kappa shape index (κ2) is 11.5. The molecule has 1 fully saturated rings. The van der Waals surface area contributed by atoms with E-state index in [1.54, 1.807) is 0 Å². The summed E-state index contributed by atoms with van der Waals surface area (Å²) in [5.41, 5.74) is 5.57. The molecule has 0 bridgehead atoms. The molecule has 7 nitrogen and oxygen atoms in total. The average molecular weight is 480 g/mol. The highest BCUT2D eigenvalue weighted by molar-refractivity contribution is 7.99. The van der Waals surface area contributed by atoms with Gasteiger partial charge in [0.1, 0.15) is 0 Å². The third-order valence-corrected chi connectivity index (χ3v) is 6.97. The minimum atomic E-state index is -0.0594. The fourth-order valence-corrected chi connectivity index (χ4v) is 4.84. The van der Waals surface area contributed by atoms with Crippen LogP contribution in [0.4, 0.5) is 11.4 Å². The molecule has 2 aromatic carbocycles. The standard InChI is InChI=1S/C26H33N5O2S/c1-4-20-8-10-21(11-9-20)28-25(32)17-34-26-30-29-24(31(26)16-22-6-5-13-33-22)15-27-23-12-7-18(2)14-19(23)3/h7-12,14,22,27H,4-6,13,15-17H2,1-3H3,(H,28,32). The van der Waals surface area contributed by atoms with Crippen LogP contribution in [0, 0.1) is 13.8 Å². The largest absolute Gasteiger partial charge is 0.378 e. The van der Waals surface area contributed by atoms with Crippen LogP contribution in [-0.2, 0) is 29.0 Å². The summed E-state index contributed by atoms with van der Waals surface area (Å²) in [6.07, 6.45) is 3.23. The van der Waals surface area contributed by atoms with Crippen LogP contribution in [0.25, 0.3) is 0 Å². The van der Waals surface area contributed by atoms with E-state index < -0.39 is 0 Å². The number of hydrogen-bond acceptors (Lipinski definition) is 6. The van der Waals surface area contributed by atoms with Crippen molar-refractivity contribution < 1.29 is 9.53 Å². The summed E-state index contributed by atoms with van der Waals surface area (Å²) in [6, 6.07) is 14.3. The van der Waals surface area contributed by atoms with Gasteiger partial charge in [0.2, 0.25) is 5.91 Å². The number of ether oxygens (including phenoxy) is 1. The zero-order valence-corrected chi connectivity index (χ0v) is 21.0. The molecule has 2 N–H and O–H groups in total. The van der Waals surface area contributed by atoms with E-state index in [0.717, 1.165) is 48.2 Å². The van der Waals surface area contributed by atoms with Crippen LogP contribution in [0.2, 0.25) is 0 Å². The van der Waals surface area contributed by atoms with Crippen molar-refractivity contribution in [2.24, 2.45) is 0 Å². The Bertz CT molecular complexity index is 1110. The molecule has 1 aromatic heterocycles. The van der Waals surface area contributed by atoms with Crippen LogP contribution < -0.4 is 10.6 Å². The van der Waals surface area contributed by atoms with Gasteiger partial charge < -0.3 is 19.9 Å². The van der Waals surface area contributed by atoms with Crippen LogP contribution >= 0.6 is 11.8 Å². The Morgan fingerprint density at radius 1 is 1.18 bits per heavy atom. The molecule has 0 aliphatic carbocycles.